The minimum Gasteiger partial charge on any atom is -0.396 e. The SMILES string of the molecule is CC(C)(CO)CNC(=O)c1nccc2ccccc12. The lowest BCUT2D eigenvalue weighted by atomic mass is 9.95. The molecule has 0 aliphatic heterocycles. The molecule has 100 valence electrons. The van der Waals surface area contributed by atoms with Crippen molar-refractivity contribution in [3.8, 4) is 0 Å². The molecule has 0 saturated carbocycles. The molecule has 2 rings (SSSR count). The first-order valence-corrected chi connectivity index (χ1v) is 6.26. The summed E-state index contributed by atoms with van der Waals surface area (Å²) in [6.45, 7) is 4.22. The van der Waals surface area contributed by atoms with Crippen LogP contribution in [0.1, 0.15) is 24.3 Å². The maximum absolute atomic E-state index is 12.2. The number of nitrogens with one attached hydrogen (secondary N) is 1. The second-order valence-corrected chi connectivity index (χ2v) is 5.39. The molecular weight excluding hydrogens is 240 g/mol. The van der Waals surface area contributed by atoms with E-state index in [4.69, 9.17) is 0 Å². The summed E-state index contributed by atoms with van der Waals surface area (Å²) in [6.07, 6.45) is 1.63. The summed E-state index contributed by atoms with van der Waals surface area (Å²) in [7, 11) is 0. The lowest BCUT2D eigenvalue weighted by Crippen LogP contribution is -2.36. The normalized spacial score (nSPS) is 11.5. The summed E-state index contributed by atoms with van der Waals surface area (Å²) < 4.78 is 0. The van der Waals surface area contributed by atoms with Crippen LogP contribution in [0.15, 0.2) is 36.5 Å². The van der Waals surface area contributed by atoms with E-state index in [2.05, 4.69) is 10.3 Å². The zero-order valence-corrected chi connectivity index (χ0v) is 11.2. The Labute approximate surface area is 112 Å². The molecule has 4 nitrogen and oxygen atoms in total. The monoisotopic (exact) mass is 258 g/mol. The molecule has 0 spiro atoms. The molecule has 0 radical (unpaired) electrons. The molecule has 1 aromatic carbocycles. The second-order valence-electron chi connectivity index (χ2n) is 5.39. The van der Waals surface area contributed by atoms with Crippen molar-refractivity contribution in [3.05, 3.63) is 42.2 Å². The molecule has 0 saturated heterocycles. The average molecular weight is 258 g/mol. The molecule has 0 unspecified atom stereocenters. The van der Waals surface area contributed by atoms with Crippen molar-refractivity contribution in [3.63, 3.8) is 0 Å². The van der Waals surface area contributed by atoms with Crippen LogP contribution in [0.25, 0.3) is 10.8 Å². The number of aliphatic hydroxyl groups is 1. The third-order valence-electron chi connectivity index (χ3n) is 3.04. The summed E-state index contributed by atoms with van der Waals surface area (Å²) in [4.78, 5) is 16.3. The summed E-state index contributed by atoms with van der Waals surface area (Å²) >= 11 is 0. The van der Waals surface area contributed by atoms with Crippen molar-refractivity contribution in [2.75, 3.05) is 13.2 Å². The maximum Gasteiger partial charge on any atom is 0.270 e. The van der Waals surface area contributed by atoms with E-state index in [0.29, 0.717) is 12.2 Å². The number of fused-ring (bicyclic) bond motifs is 1. The standard InChI is InChI=1S/C15H18N2O2/c1-15(2,10-18)9-17-14(19)13-12-6-4-3-5-11(12)7-8-16-13/h3-8,18H,9-10H2,1-2H3,(H,17,19). The maximum atomic E-state index is 12.2. The molecule has 0 atom stereocenters. The van der Waals surface area contributed by atoms with Crippen molar-refractivity contribution >= 4 is 16.7 Å². The zero-order chi connectivity index (χ0) is 13.9. The number of amides is 1. The number of carbonyl (C=O) groups is 1. The zero-order valence-electron chi connectivity index (χ0n) is 11.2. The molecule has 1 aromatic heterocycles. The van der Waals surface area contributed by atoms with E-state index in [1.54, 1.807) is 6.20 Å². The topological polar surface area (TPSA) is 62.2 Å². The molecule has 2 N–H and O–H groups in total. The Morgan fingerprint density at radius 3 is 2.79 bits per heavy atom. The van der Waals surface area contributed by atoms with E-state index in [-0.39, 0.29) is 17.9 Å². The molecule has 4 heteroatoms. The Hall–Kier alpha value is -1.94. The quantitative estimate of drug-likeness (QED) is 0.881. The fourth-order valence-electron chi connectivity index (χ4n) is 1.76. The van der Waals surface area contributed by atoms with Gasteiger partial charge < -0.3 is 10.4 Å². The summed E-state index contributed by atoms with van der Waals surface area (Å²) in [6, 6.07) is 9.53. The van der Waals surface area contributed by atoms with Crippen LogP contribution in [0.5, 0.6) is 0 Å². The van der Waals surface area contributed by atoms with E-state index in [1.165, 1.54) is 0 Å². The van der Waals surface area contributed by atoms with Gasteiger partial charge in [-0.15, -0.1) is 0 Å². The lowest BCUT2D eigenvalue weighted by Gasteiger charge is -2.21. The van der Waals surface area contributed by atoms with Crippen LogP contribution in [0.4, 0.5) is 0 Å². The average Bonchev–Trinajstić information content (AvgIpc) is 2.44. The number of rotatable bonds is 4. The third-order valence-corrected chi connectivity index (χ3v) is 3.04. The molecule has 0 aliphatic rings. The Morgan fingerprint density at radius 1 is 1.32 bits per heavy atom. The number of aromatic nitrogens is 1. The Morgan fingerprint density at radius 2 is 2.05 bits per heavy atom. The largest absolute Gasteiger partial charge is 0.396 e. The van der Waals surface area contributed by atoms with Gasteiger partial charge in [-0.25, -0.2) is 0 Å². The predicted octanol–water partition coefficient (Wildman–Crippen LogP) is 1.98. The first-order chi connectivity index (χ1) is 9.03. The van der Waals surface area contributed by atoms with Gasteiger partial charge in [0.2, 0.25) is 0 Å². The van der Waals surface area contributed by atoms with Crippen LogP contribution in [0.3, 0.4) is 0 Å². The van der Waals surface area contributed by atoms with E-state index >= 15 is 0 Å². The fourth-order valence-corrected chi connectivity index (χ4v) is 1.76. The molecule has 0 fully saturated rings. The van der Waals surface area contributed by atoms with E-state index in [1.807, 2.05) is 44.2 Å². The van der Waals surface area contributed by atoms with Crippen molar-refractivity contribution in [1.29, 1.82) is 0 Å². The van der Waals surface area contributed by atoms with E-state index in [0.717, 1.165) is 10.8 Å². The molecule has 2 aromatic rings. The van der Waals surface area contributed by atoms with Crippen molar-refractivity contribution in [2.24, 2.45) is 5.41 Å². The van der Waals surface area contributed by atoms with E-state index < -0.39 is 0 Å². The highest BCUT2D eigenvalue weighted by molar-refractivity contribution is 6.05. The Bertz CT molecular complexity index is 588. The van der Waals surface area contributed by atoms with E-state index in [9.17, 15) is 9.90 Å². The van der Waals surface area contributed by atoms with Gasteiger partial charge in [-0.3, -0.25) is 9.78 Å². The summed E-state index contributed by atoms with van der Waals surface area (Å²) in [5.74, 6) is -0.210. The van der Waals surface area contributed by atoms with Crippen molar-refractivity contribution < 1.29 is 9.90 Å². The second kappa shape index (κ2) is 5.36. The minimum absolute atomic E-state index is 0.0241. The molecular formula is C15H18N2O2. The molecule has 19 heavy (non-hydrogen) atoms. The van der Waals surface area contributed by atoms with Crippen LogP contribution in [0, 0.1) is 5.41 Å². The van der Waals surface area contributed by atoms with Crippen molar-refractivity contribution in [2.45, 2.75) is 13.8 Å². The van der Waals surface area contributed by atoms with Gasteiger partial charge in [-0.05, 0) is 11.5 Å². The van der Waals surface area contributed by atoms with Crippen LogP contribution < -0.4 is 5.32 Å². The summed E-state index contributed by atoms with van der Waals surface area (Å²) in [5, 5.41) is 13.8. The highest BCUT2D eigenvalue weighted by Gasteiger charge is 2.19. The van der Waals surface area contributed by atoms with Crippen LogP contribution in [-0.2, 0) is 0 Å². The number of hydrogen-bond donors (Lipinski definition) is 2. The molecule has 0 aliphatic carbocycles. The molecule has 0 bridgehead atoms. The highest BCUT2D eigenvalue weighted by atomic mass is 16.3. The number of aliphatic hydroxyl groups excluding tert-OH is 1. The van der Waals surface area contributed by atoms with Gasteiger partial charge in [-0.1, -0.05) is 38.1 Å². The van der Waals surface area contributed by atoms with Gasteiger partial charge in [-0.2, -0.15) is 0 Å². The molecule has 1 amide bonds. The van der Waals surface area contributed by atoms with Gasteiger partial charge in [0, 0.05) is 30.1 Å². The van der Waals surface area contributed by atoms with Gasteiger partial charge in [0.1, 0.15) is 5.69 Å². The smallest absolute Gasteiger partial charge is 0.270 e. The fraction of sp³-hybridized carbons (Fsp3) is 0.333. The first kappa shape index (κ1) is 13.5. The third kappa shape index (κ3) is 3.09. The minimum atomic E-state index is -0.333. The molecule has 1 heterocycles. The lowest BCUT2D eigenvalue weighted by molar-refractivity contribution is 0.0908. The number of pyridine rings is 1. The van der Waals surface area contributed by atoms with Crippen LogP contribution >= 0.6 is 0 Å². The highest BCUT2D eigenvalue weighted by Crippen LogP contribution is 2.17. The Kier molecular flexibility index (Phi) is 3.81. The number of carbonyl (C=O) groups excluding carboxylic acids is 1. The van der Waals surface area contributed by atoms with Gasteiger partial charge in [0.25, 0.3) is 5.91 Å². The number of benzene rings is 1. The number of nitrogens with zero attached hydrogens (tertiary/aromatic N) is 1. The Balaban J connectivity index is 2.23. The first-order valence-electron chi connectivity index (χ1n) is 6.26. The van der Waals surface area contributed by atoms with Crippen LogP contribution in [-0.4, -0.2) is 29.1 Å². The van der Waals surface area contributed by atoms with Gasteiger partial charge in [0.05, 0.1) is 0 Å². The summed E-state index contributed by atoms with van der Waals surface area (Å²) in [5.41, 5.74) is 0.0899. The van der Waals surface area contributed by atoms with Crippen molar-refractivity contribution in [1.82, 2.24) is 10.3 Å². The predicted molar refractivity (Wildman–Crippen MR) is 74.9 cm³/mol. The van der Waals surface area contributed by atoms with Crippen LogP contribution in [0.2, 0.25) is 0 Å². The van der Waals surface area contributed by atoms with Gasteiger partial charge in [0.15, 0.2) is 0 Å². The van der Waals surface area contributed by atoms with Gasteiger partial charge >= 0.3 is 0 Å². The number of hydrogen-bond acceptors (Lipinski definition) is 3.